The molecule has 0 saturated heterocycles. The molecule has 1 N–H and O–H groups in total. The summed E-state index contributed by atoms with van der Waals surface area (Å²) in [7, 11) is 0. The molecule has 130 valence electrons. The largest absolute Gasteiger partial charge is 0.484 e. The topological polar surface area (TPSA) is 68.5 Å². The summed E-state index contributed by atoms with van der Waals surface area (Å²) in [5, 5.41) is 8.80. The Kier molecular flexibility index (Phi) is 4.32. The average molecular weight is 368 g/mol. The van der Waals surface area contributed by atoms with Crippen LogP contribution in [0, 0.1) is 5.82 Å². The number of hydrogen-bond acceptors (Lipinski definition) is 5. The maximum absolute atomic E-state index is 13.1. The molecule has 2 aromatic carbocycles. The smallest absolute Gasteiger partial charge is 0.264 e. The van der Waals surface area contributed by atoms with E-state index in [0.717, 1.165) is 11.3 Å². The lowest BCUT2D eigenvalue weighted by molar-refractivity contribution is -0.118. The van der Waals surface area contributed by atoms with E-state index in [1.165, 1.54) is 23.5 Å². The molecule has 0 unspecified atom stereocenters. The van der Waals surface area contributed by atoms with E-state index in [1.807, 2.05) is 23.6 Å². The Hall–Kier alpha value is -3.26. The molecule has 26 heavy (non-hydrogen) atoms. The highest BCUT2D eigenvalue weighted by Gasteiger charge is 2.13. The summed E-state index contributed by atoms with van der Waals surface area (Å²) in [6.07, 6.45) is 0. The average Bonchev–Trinajstić information content (AvgIpc) is 3.22. The summed E-state index contributed by atoms with van der Waals surface area (Å²) in [4.78, 5) is 16.9. The first-order valence-electron chi connectivity index (χ1n) is 7.77. The van der Waals surface area contributed by atoms with Gasteiger partial charge in [0.2, 0.25) is 4.96 Å². The van der Waals surface area contributed by atoms with E-state index in [0.29, 0.717) is 10.7 Å². The van der Waals surface area contributed by atoms with Crippen LogP contribution in [0.2, 0.25) is 0 Å². The molecule has 4 aromatic rings. The van der Waals surface area contributed by atoms with Crippen LogP contribution in [-0.2, 0) is 4.79 Å². The van der Waals surface area contributed by atoms with Crippen LogP contribution in [0.25, 0.3) is 16.2 Å². The second kappa shape index (κ2) is 6.93. The molecule has 2 aromatic heterocycles. The maximum atomic E-state index is 13.1. The van der Waals surface area contributed by atoms with Crippen LogP contribution >= 0.6 is 11.3 Å². The standard InChI is InChI=1S/C18H13FN4O2S/c19-13-8-6-12(7-9-13)15-11-26-18-21-17(22-23(15)18)20-16(24)10-25-14-4-2-1-3-5-14/h1-9,11H,10H2,(H,20,22,24). The molecule has 4 rings (SSSR count). The lowest BCUT2D eigenvalue weighted by atomic mass is 10.2. The Labute approximate surface area is 151 Å². The number of nitrogens with zero attached hydrogens (tertiary/aromatic N) is 3. The normalized spacial score (nSPS) is 10.8. The highest BCUT2D eigenvalue weighted by Crippen LogP contribution is 2.26. The zero-order chi connectivity index (χ0) is 17.9. The second-order valence-corrected chi connectivity index (χ2v) is 6.24. The number of halogens is 1. The van der Waals surface area contributed by atoms with Crippen molar-refractivity contribution in [3.63, 3.8) is 0 Å². The molecule has 0 fully saturated rings. The second-order valence-electron chi connectivity index (χ2n) is 5.41. The maximum Gasteiger partial charge on any atom is 0.264 e. The van der Waals surface area contributed by atoms with Gasteiger partial charge in [0, 0.05) is 10.9 Å². The Morgan fingerprint density at radius 2 is 1.92 bits per heavy atom. The zero-order valence-electron chi connectivity index (χ0n) is 13.4. The molecule has 1 amide bonds. The van der Waals surface area contributed by atoms with Gasteiger partial charge < -0.3 is 4.74 Å². The van der Waals surface area contributed by atoms with Crippen molar-refractivity contribution in [2.24, 2.45) is 0 Å². The number of carbonyl (C=O) groups excluding carboxylic acids is 1. The van der Waals surface area contributed by atoms with Crippen molar-refractivity contribution in [3.8, 4) is 17.0 Å². The number of aromatic nitrogens is 3. The minimum atomic E-state index is -0.351. The van der Waals surface area contributed by atoms with Crippen molar-refractivity contribution in [2.45, 2.75) is 0 Å². The van der Waals surface area contributed by atoms with Gasteiger partial charge in [-0.3, -0.25) is 10.1 Å². The number of fused-ring (bicyclic) bond motifs is 1. The Bertz CT molecular complexity index is 1040. The van der Waals surface area contributed by atoms with Crippen LogP contribution in [0.5, 0.6) is 5.75 Å². The van der Waals surface area contributed by atoms with Crippen LogP contribution < -0.4 is 10.1 Å². The first-order valence-corrected chi connectivity index (χ1v) is 8.65. The minimum Gasteiger partial charge on any atom is -0.484 e. The fourth-order valence-electron chi connectivity index (χ4n) is 2.38. The van der Waals surface area contributed by atoms with Crippen molar-refractivity contribution in [2.75, 3.05) is 11.9 Å². The summed E-state index contributed by atoms with van der Waals surface area (Å²) >= 11 is 1.38. The molecular weight excluding hydrogens is 355 g/mol. The molecule has 6 nitrogen and oxygen atoms in total. The number of carbonyl (C=O) groups is 1. The highest BCUT2D eigenvalue weighted by atomic mass is 32.1. The molecule has 0 bridgehead atoms. The van der Waals surface area contributed by atoms with Gasteiger partial charge in [0.1, 0.15) is 11.6 Å². The molecule has 0 aliphatic carbocycles. The fourth-order valence-corrected chi connectivity index (χ4v) is 3.21. The molecule has 0 aliphatic rings. The number of nitrogens with one attached hydrogen (secondary N) is 1. The molecular formula is C18H13FN4O2S. The number of hydrogen-bond donors (Lipinski definition) is 1. The summed E-state index contributed by atoms with van der Waals surface area (Å²) in [5.74, 6) is 0.155. The number of anilines is 1. The Morgan fingerprint density at radius 1 is 1.15 bits per heavy atom. The van der Waals surface area contributed by atoms with Crippen molar-refractivity contribution in [1.29, 1.82) is 0 Å². The minimum absolute atomic E-state index is 0.137. The van der Waals surface area contributed by atoms with Gasteiger partial charge in [-0.25, -0.2) is 8.91 Å². The summed E-state index contributed by atoms with van der Waals surface area (Å²) in [6, 6.07) is 15.2. The number of rotatable bonds is 5. The molecule has 0 atom stereocenters. The predicted octanol–water partition coefficient (Wildman–Crippen LogP) is 3.61. The number of amides is 1. The number of para-hydroxylation sites is 1. The van der Waals surface area contributed by atoms with Gasteiger partial charge in [-0.05, 0) is 36.4 Å². The molecule has 0 spiro atoms. The third kappa shape index (κ3) is 3.40. The van der Waals surface area contributed by atoms with Crippen LogP contribution in [0.15, 0.2) is 60.0 Å². The summed E-state index contributed by atoms with van der Waals surface area (Å²) in [5.41, 5.74) is 1.59. The van der Waals surface area contributed by atoms with E-state index in [9.17, 15) is 9.18 Å². The number of thiazole rings is 1. The van der Waals surface area contributed by atoms with Gasteiger partial charge in [0.15, 0.2) is 6.61 Å². The van der Waals surface area contributed by atoms with Crippen LogP contribution in [-0.4, -0.2) is 27.1 Å². The van der Waals surface area contributed by atoms with E-state index >= 15 is 0 Å². The molecule has 8 heteroatoms. The first-order chi connectivity index (χ1) is 12.7. The van der Waals surface area contributed by atoms with Crippen LogP contribution in [0.4, 0.5) is 10.3 Å². The van der Waals surface area contributed by atoms with Crippen molar-refractivity contribution < 1.29 is 13.9 Å². The van der Waals surface area contributed by atoms with Crippen molar-refractivity contribution in [1.82, 2.24) is 14.6 Å². The Morgan fingerprint density at radius 3 is 2.69 bits per heavy atom. The lowest BCUT2D eigenvalue weighted by Gasteiger charge is -2.04. The third-order valence-corrected chi connectivity index (χ3v) is 4.40. The zero-order valence-corrected chi connectivity index (χ0v) is 14.2. The monoisotopic (exact) mass is 368 g/mol. The molecule has 0 saturated carbocycles. The molecule has 0 radical (unpaired) electrons. The Balaban J connectivity index is 1.47. The lowest BCUT2D eigenvalue weighted by Crippen LogP contribution is -2.20. The predicted molar refractivity (Wildman–Crippen MR) is 96.8 cm³/mol. The summed E-state index contributed by atoms with van der Waals surface area (Å²) < 4.78 is 20.1. The quantitative estimate of drug-likeness (QED) is 0.584. The van der Waals surface area contributed by atoms with Gasteiger partial charge in [0.05, 0.1) is 5.69 Å². The SMILES string of the molecule is O=C(COc1ccccc1)Nc1nc2scc(-c3ccc(F)cc3)n2n1. The fraction of sp³-hybridized carbons (Fsp3) is 0.0556. The van der Waals surface area contributed by atoms with E-state index in [2.05, 4.69) is 15.4 Å². The highest BCUT2D eigenvalue weighted by molar-refractivity contribution is 7.15. The van der Waals surface area contributed by atoms with Gasteiger partial charge in [-0.15, -0.1) is 16.4 Å². The van der Waals surface area contributed by atoms with E-state index in [-0.39, 0.29) is 24.3 Å². The van der Waals surface area contributed by atoms with E-state index in [4.69, 9.17) is 4.74 Å². The number of ether oxygens (including phenoxy) is 1. The summed E-state index contributed by atoms with van der Waals surface area (Å²) in [6.45, 7) is -0.137. The van der Waals surface area contributed by atoms with Gasteiger partial charge in [-0.1, -0.05) is 18.2 Å². The van der Waals surface area contributed by atoms with E-state index in [1.54, 1.807) is 28.8 Å². The van der Waals surface area contributed by atoms with Gasteiger partial charge in [-0.2, -0.15) is 4.98 Å². The third-order valence-electron chi connectivity index (χ3n) is 3.59. The van der Waals surface area contributed by atoms with E-state index < -0.39 is 0 Å². The van der Waals surface area contributed by atoms with Crippen molar-refractivity contribution in [3.05, 3.63) is 65.8 Å². The van der Waals surface area contributed by atoms with Crippen molar-refractivity contribution >= 4 is 28.2 Å². The number of benzene rings is 2. The van der Waals surface area contributed by atoms with Crippen LogP contribution in [0.1, 0.15) is 0 Å². The first kappa shape index (κ1) is 16.2. The molecule has 0 aliphatic heterocycles. The molecule has 2 heterocycles. The van der Waals surface area contributed by atoms with Crippen LogP contribution in [0.3, 0.4) is 0 Å². The van der Waals surface area contributed by atoms with Gasteiger partial charge >= 0.3 is 0 Å². The van der Waals surface area contributed by atoms with Gasteiger partial charge in [0.25, 0.3) is 11.9 Å².